The van der Waals surface area contributed by atoms with E-state index in [0.717, 1.165) is 5.56 Å². The van der Waals surface area contributed by atoms with Gasteiger partial charge in [0.15, 0.2) is 11.5 Å². The number of benzene rings is 2. The van der Waals surface area contributed by atoms with Crippen LogP contribution in [0.3, 0.4) is 0 Å². The number of rotatable bonds is 10. The average molecular weight is 388 g/mol. The Morgan fingerprint density at radius 1 is 0.964 bits per heavy atom. The molecule has 8 nitrogen and oxygen atoms in total. The first kappa shape index (κ1) is 21.0. The summed E-state index contributed by atoms with van der Waals surface area (Å²) in [6.07, 6.45) is 0.431. The number of nitrogens with one attached hydrogen (secondary N) is 2. The van der Waals surface area contributed by atoms with Gasteiger partial charge < -0.3 is 30.0 Å². The third-order valence-corrected chi connectivity index (χ3v) is 3.78. The summed E-state index contributed by atoms with van der Waals surface area (Å²) in [6, 6.07) is 11.7. The Bertz CT molecular complexity index is 809. The number of aryl methyl sites for hydroxylation is 1. The number of aliphatic carboxylic acids is 1. The van der Waals surface area contributed by atoms with Crippen LogP contribution in [0, 0.1) is 0 Å². The zero-order valence-electron chi connectivity index (χ0n) is 15.9. The number of hydrogen-bond acceptors (Lipinski definition) is 5. The quantitative estimate of drug-likeness (QED) is 0.539. The molecule has 0 radical (unpaired) electrons. The third kappa shape index (κ3) is 6.81. The molecule has 2 rings (SSSR count). The van der Waals surface area contributed by atoms with E-state index in [1.165, 1.54) is 7.11 Å². The number of anilines is 2. The van der Waals surface area contributed by atoms with E-state index in [1.54, 1.807) is 43.5 Å². The van der Waals surface area contributed by atoms with E-state index >= 15 is 0 Å². The molecule has 150 valence electrons. The van der Waals surface area contributed by atoms with Crippen LogP contribution in [0.5, 0.6) is 11.5 Å². The zero-order valence-corrected chi connectivity index (χ0v) is 15.9. The van der Waals surface area contributed by atoms with Crippen molar-refractivity contribution in [3.8, 4) is 11.5 Å². The van der Waals surface area contributed by atoms with Gasteiger partial charge in [-0.3, -0.25) is 4.79 Å². The predicted octanol–water partition coefficient (Wildman–Crippen LogP) is 3.38. The highest BCUT2D eigenvalue weighted by Crippen LogP contribution is 2.30. The molecule has 3 N–H and O–H groups in total. The van der Waals surface area contributed by atoms with Gasteiger partial charge in [0.2, 0.25) is 0 Å². The van der Waals surface area contributed by atoms with Gasteiger partial charge in [0, 0.05) is 31.0 Å². The topological polar surface area (TPSA) is 106 Å². The molecule has 0 bridgehead atoms. The van der Waals surface area contributed by atoms with Crippen LogP contribution in [0.1, 0.15) is 12.0 Å². The van der Waals surface area contributed by atoms with Crippen molar-refractivity contribution in [2.45, 2.75) is 12.8 Å². The Morgan fingerprint density at radius 2 is 1.71 bits per heavy atom. The predicted molar refractivity (Wildman–Crippen MR) is 105 cm³/mol. The van der Waals surface area contributed by atoms with Crippen LogP contribution in [-0.2, 0) is 16.0 Å². The van der Waals surface area contributed by atoms with E-state index in [1.807, 2.05) is 6.07 Å². The van der Waals surface area contributed by atoms with Crippen molar-refractivity contribution in [2.24, 2.45) is 0 Å². The fraction of sp³-hybridized carbons (Fsp3) is 0.300. The molecule has 0 spiro atoms. The van der Waals surface area contributed by atoms with Crippen molar-refractivity contribution >= 4 is 23.4 Å². The maximum absolute atomic E-state index is 12.3. The first-order valence-corrected chi connectivity index (χ1v) is 8.70. The molecule has 2 aromatic carbocycles. The Labute approximate surface area is 163 Å². The van der Waals surface area contributed by atoms with Crippen LogP contribution in [0.15, 0.2) is 42.5 Å². The first-order chi connectivity index (χ1) is 13.5. The summed E-state index contributed by atoms with van der Waals surface area (Å²) in [4.78, 5) is 23.0. The number of carboxylic acids is 1. The summed E-state index contributed by atoms with van der Waals surface area (Å²) >= 11 is 0. The number of carbonyl (C=O) groups excluding carboxylic acids is 1. The van der Waals surface area contributed by atoms with Gasteiger partial charge in [-0.25, -0.2) is 4.79 Å². The lowest BCUT2D eigenvalue weighted by molar-refractivity contribution is -0.136. The van der Waals surface area contributed by atoms with Crippen molar-refractivity contribution in [3.05, 3.63) is 48.0 Å². The van der Waals surface area contributed by atoms with Crippen LogP contribution >= 0.6 is 0 Å². The number of hydrogen-bond donors (Lipinski definition) is 3. The standard InChI is InChI=1S/C20H24N2O6/c1-26-10-11-28-18-13-16(7-8-17(18)27-2)22-20(25)21-15-5-3-4-14(12-15)6-9-19(23)24/h3-5,7-8,12-13H,6,9-11H2,1-2H3,(H,23,24)(H2,21,22,25). The number of ether oxygens (including phenoxy) is 3. The Balaban J connectivity index is 1.99. The largest absolute Gasteiger partial charge is 0.493 e. The summed E-state index contributed by atoms with van der Waals surface area (Å²) in [7, 11) is 3.12. The molecule has 0 saturated heterocycles. The van der Waals surface area contributed by atoms with Crippen molar-refractivity contribution in [2.75, 3.05) is 38.1 Å². The molecule has 0 fully saturated rings. The lowest BCUT2D eigenvalue weighted by Gasteiger charge is -2.13. The number of urea groups is 1. The summed E-state index contributed by atoms with van der Waals surface area (Å²) in [5, 5.41) is 14.2. The normalized spacial score (nSPS) is 10.2. The van der Waals surface area contributed by atoms with Crippen LogP contribution < -0.4 is 20.1 Å². The zero-order chi connectivity index (χ0) is 20.4. The van der Waals surface area contributed by atoms with Gasteiger partial charge in [-0.2, -0.15) is 0 Å². The van der Waals surface area contributed by atoms with Crippen molar-refractivity contribution in [1.82, 2.24) is 0 Å². The van der Waals surface area contributed by atoms with E-state index < -0.39 is 12.0 Å². The molecule has 2 aromatic rings. The second-order valence-corrected chi connectivity index (χ2v) is 5.88. The van der Waals surface area contributed by atoms with E-state index in [9.17, 15) is 9.59 Å². The Hall–Kier alpha value is -3.26. The molecule has 2 amide bonds. The fourth-order valence-electron chi connectivity index (χ4n) is 2.45. The molecule has 0 aromatic heterocycles. The Morgan fingerprint density at radius 3 is 2.39 bits per heavy atom. The minimum atomic E-state index is -0.862. The SMILES string of the molecule is COCCOc1cc(NC(=O)Nc2cccc(CCC(=O)O)c2)ccc1OC. The number of amides is 2. The van der Waals surface area contributed by atoms with Crippen molar-refractivity contribution in [3.63, 3.8) is 0 Å². The lowest BCUT2D eigenvalue weighted by Crippen LogP contribution is -2.19. The van der Waals surface area contributed by atoms with E-state index in [-0.39, 0.29) is 6.42 Å². The molecule has 8 heteroatoms. The van der Waals surface area contributed by atoms with Crippen molar-refractivity contribution < 1.29 is 28.9 Å². The maximum atomic E-state index is 12.3. The monoisotopic (exact) mass is 388 g/mol. The molecule has 0 aliphatic heterocycles. The molecule has 0 heterocycles. The number of carboxylic acid groups (broad SMARTS) is 1. The van der Waals surface area contributed by atoms with Gasteiger partial charge in [-0.05, 0) is 36.2 Å². The van der Waals surface area contributed by atoms with Gasteiger partial charge in [-0.1, -0.05) is 12.1 Å². The molecule has 0 unspecified atom stereocenters. The summed E-state index contributed by atoms with van der Waals surface area (Å²) in [5.74, 6) is 0.181. The van der Waals surface area contributed by atoms with Gasteiger partial charge in [-0.15, -0.1) is 0 Å². The van der Waals surface area contributed by atoms with E-state index in [0.29, 0.717) is 42.5 Å². The summed E-state index contributed by atoms with van der Waals surface area (Å²) < 4.78 is 15.8. The number of carbonyl (C=O) groups is 2. The van der Waals surface area contributed by atoms with Gasteiger partial charge in [0.05, 0.1) is 13.7 Å². The van der Waals surface area contributed by atoms with Gasteiger partial charge in [0.25, 0.3) is 0 Å². The second-order valence-electron chi connectivity index (χ2n) is 5.88. The minimum absolute atomic E-state index is 0.0351. The van der Waals surface area contributed by atoms with Crippen LogP contribution in [-0.4, -0.2) is 44.5 Å². The van der Waals surface area contributed by atoms with Crippen LogP contribution in [0.25, 0.3) is 0 Å². The second kappa shape index (κ2) is 10.8. The fourth-order valence-corrected chi connectivity index (χ4v) is 2.45. The molecule has 0 aliphatic rings. The highest BCUT2D eigenvalue weighted by molar-refractivity contribution is 6.00. The molecule has 0 saturated carbocycles. The van der Waals surface area contributed by atoms with E-state index in [4.69, 9.17) is 19.3 Å². The van der Waals surface area contributed by atoms with Gasteiger partial charge in [0.1, 0.15) is 6.61 Å². The number of methoxy groups -OCH3 is 2. The lowest BCUT2D eigenvalue weighted by atomic mass is 10.1. The van der Waals surface area contributed by atoms with Crippen LogP contribution in [0.2, 0.25) is 0 Å². The molecule has 28 heavy (non-hydrogen) atoms. The summed E-state index contributed by atoms with van der Waals surface area (Å²) in [5.41, 5.74) is 1.94. The summed E-state index contributed by atoms with van der Waals surface area (Å²) in [6.45, 7) is 0.783. The van der Waals surface area contributed by atoms with Crippen molar-refractivity contribution in [1.29, 1.82) is 0 Å². The van der Waals surface area contributed by atoms with Crippen LogP contribution in [0.4, 0.5) is 16.2 Å². The molecule has 0 aliphatic carbocycles. The molecular weight excluding hydrogens is 364 g/mol. The highest BCUT2D eigenvalue weighted by atomic mass is 16.5. The molecular formula is C20H24N2O6. The van der Waals surface area contributed by atoms with Gasteiger partial charge >= 0.3 is 12.0 Å². The minimum Gasteiger partial charge on any atom is -0.493 e. The van der Waals surface area contributed by atoms with E-state index in [2.05, 4.69) is 10.6 Å². The maximum Gasteiger partial charge on any atom is 0.323 e. The smallest absolute Gasteiger partial charge is 0.323 e. The average Bonchev–Trinajstić information content (AvgIpc) is 2.67. The Kier molecular flexibility index (Phi) is 8.11. The molecule has 0 atom stereocenters. The first-order valence-electron chi connectivity index (χ1n) is 8.70. The third-order valence-electron chi connectivity index (χ3n) is 3.78. The highest BCUT2D eigenvalue weighted by Gasteiger charge is 2.09.